The van der Waals surface area contributed by atoms with Crippen molar-refractivity contribution in [3.8, 4) is 0 Å². The predicted molar refractivity (Wildman–Crippen MR) is 85.8 cm³/mol. The average molecular weight is 322 g/mol. The molecule has 1 fully saturated rings. The van der Waals surface area contributed by atoms with Gasteiger partial charge in [-0.3, -0.25) is 4.84 Å². The molecule has 0 unspecified atom stereocenters. The quantitative estimate of drug-likeness (QED) is 0.688. The zero-order valence-electron chi connectivity index (χ0n) is 12.9. The van der Waals surface area contributed by atoms with Crippen molar-refractivity contribution < 1.29 is 14.4 Å². The SMILES string of the molecule is C=C(C)CONC(=O)N1CCC2(CC1)OCCc1ccsc12. The molecule has 22 heavy (non-hydrogen) atoms. The number of carbonyl (C=O) groups excluding carboxylic acids is 1. The summed E-state index contributed by atoms with van der Waals surface area (Å²) in [6, 6.07) is 2.02. The second-order valence-corrected chi connectivity index (χ2v) is 6.92. The number of nitrogens with one attached hydrogen (secondary N) is 1. The molecule has 1 saturated heterocycles. The third-order valence-electron chi connectivity index (χ3n) is 4.25. The van der Waals surface area contributed by atoms with Crippen LogP contribution in [0.1, 0.15) is 30.2 Å². The van der Waals surface area contributed by atoms with Crippen LogP contribution < -0.4 is 5.48 Å². The van der Waals surface area contributed by atoms with Crippen molar-refractivity contribution in [3.63, 3.8) is 0 Å². The smallest absolute Gasteiger partial charge is 0.341 e. The van der Waals surface area contributed by atoms with Crippen molar-refractivity contribution in [1.82, 2.24) is 10.4 Å². The van der Waals surface area contributed by atoms with E-state index in [1.807, 2.05) is 6.92 Å². The van der Waals surface area contributed by atoms with Gasteiger partial charge in [-0.05, 0) is 43.2 Å². The average Bonchev–Trinajstić information content (AvgIpc) is 2.98. The highest BCUT2D eigenvalue weighted by atomic mass is 32.1. The van der Waals surface area contributed by atoms with E-state index in [0.29, 0.717) is 19.7 Å². The Bertz CT molecular complexity index is 561. The molecule has 1 spiro atoms. The van der Waals surface area contributed by atoms with Crippen molar-refractivity contribution >= 4 is 17.4 Å². The van der Waals surface area contributed by atoms with E-state index in [9.17, 15) is 4.79 Å². The Labute approximate surface area is 134 Å². The number of rotatable bonds is 3. The van der Waals surface area contributed by atoms with Gasteiger partial charge in [0.05, 0.1) is 13.2 Å². The molecular weight excluding hydrogens is 300 g/mol. The number of thiophene rings is 1. The maximum absolute atomic E-state index is 12.1. The van der Waals surface area contributed by atoms with Gasteiger partial charge in [0.2, 0.25) is 0 Å². The third kappa shape index (κ3) is 3.04. The van der Waals surface area contributed by atoms with E-state index < -0.39 is 0 Å². The summed E-state index contributed by atoms with van der Waals surface area (Å²) in [5, 5.41) is 2.14. The zero-order valence-corrected chi connectivity index (χ0v) is 13.7. The van der Waals surface area contributed by atoms with Crippen molar-refractivity contribution in [2.45, 2.75) is 31.8 Å². The van der Waals surface area contributed by atoms with Crippen LogP contribution in [0.5, 0.6) is 0 Å². The predicted octanol–water partition coefficient (Wildman–Crippen LogP) is 2.83. The number of nitrogens with zero attached hydrogens (tertiary/aromatic N) is 1. The molecular formula is C16H22N2O3S. The molecule has 2 aliphatic heterocycles. The lowest BCUT2D eigenvalue weighted by atomic mass is 9.85. The molecule has 120 valence electrons. The van der Waals surface area contributed by atoms with Gasteiger partial charge in [0, 0.05) is 18.0 Å². The van der Waals surface area contributed by atoms with E-state index >= 15 is 0 Å². The summed E-state index contributed by atoms with van der Waals surface area (Å²) in [6.07, 6.45) is 2.68. The first-order valence-corrected chi connectivity index (χ1v) is 8.51. The molecule has 0 aromatic carbocycles. The van der Waals surface area contributed by atoms with Crippen molar-refractivity contribution in [1.29, 1.82) is 0 Å². The molecule has 0 bridgehead atoms. The summed E-state index contributed by atoms with van der Waals surface area (Å²) in [5.41, 5.74) is 4.58. The van der Waals surface area contributed by atoms with Gasteiger partial charge in [-0.15, -0.1) is 11.3 Å². The molecule has 0 aliphatic carbocycles. The second kappa shape index (κ2) is 6.40. The number of fused-ring (bicyclic) bond motifs is 2. The van der Waals surface area contributed by atoms with E-state index in [-0.39, 0.29) is 11.6 Å². The molecule has 0 radical (unpaired) electrons. The minimum absolute atomic E-state index is 0.182. The third-order valence-corrected chi connectivity index (χ3v) is 5.39. The van der Waals surface area contributed by atoms with Crippen molar-refractivity contribution in [3.05, 3.63) is 34.0 Å². The first kappa shape index (κ1) is 15.5. The zero-order chi connectivity index (χ0) is 15.6. The Balaban J connectivity index is 1.57. The van der Waals surface area contributed by atoms with Crippen LogP contribution in [0, 0.1) is 0 Å². The number of amides is 2. The van der Waals surface area contributed by atoms with Crippen LogP contribution in [0.4, 0.5) is 4.79 Å². The van der Waals surface area contributed by atoms with Gasteiger partial charge in [-0.1, -0.05) is 12.2 Å². The van der Waals surface area contributed by atoms with Crippen molar-refractivity contribution in [2.75, 3.05) is 26.3 Å². The Morgan fingerprint density at radius 2 is 2.32 bits per heavy atom. The standard InChI is InChI=1S/C16H22N2O3S/c1-12(2)11-21-17-15(19)18-7-5-16(6-8-18)14-13(3-9-20-16)4-10-22-14/h4,10H,1,3,5-9,11H2,2H3,(H,17,19). The summed E-state index contributed by atoms with van der Waals surface area (Å²) in [7, 11) is 0. The van der Waals surface area contributed by atoms with Crippen LogP contribution >= 0.6 is 11.3 Å². The second-order valence-electron chi connectivity index (χ2n) is 6.01. The summed E-state index contributed by atoms with van der Waals surface area (Å²) in [5.74, 6) is 0. The first-order valence-electron chi connectivity index (χ1n) is 7.63. The van der Waals surface area contributed by atoms with Gasteiger partial charge < -0.3 is 9.64 Å². The molecule has 6 heteroatoms. The number of ether oxygens (including phenoxy) is 1. The normalized spacial score (nSPS) is 19.8. The Hall–Kier alpha value is -1.37. The van der Waals surface area contributed by atoms with Gasteiger partial charge in [0.15, 0.2) is 0 Å². The summed E-state index contributed by atoms with van der Waals surface area (Å²) < 4.78 is 6.14. The Kier molecular flexibility index (Phi) is 4.52. The van der Waals surface area contributed by atoms with Crippen LogP contribution in [0.2, 0.25) is 0 Å². The molecule has 0 saturated carbocycles. The number of hydroxylamine groups is 1. The van der Waals surface area contributed by atoms with Gasteiger partial charge in [-0.2, -0.15) is 0 Å². The number of likely N-dealkylation sites (tertiary alicyclic amines) is 1. The molecule has 1 aromatic rings. The molecule has 2 amide bonds. The summed E-state index contributed by atoms with van der Waals surface area (Å²) >= 11 is 1.78. The molecule has 3 rings (SSSR count). The summed E-state index contributed by atoms with van der Waals surface area (Å²) in [4.78, 5) is 20.3. The maximum atomic E-state index is 12.1. The Morgan fingerprint density at radius 3 is 3.05 bits per heavy atom. The monoisotopic (exact) mass is 322 g/mol. The van der Waals surface area contributed by atoms with Gasteiger partial charge in [-0.25, -0.2) is 10.3 Å². The fraction of sp³-hybridized carbons (Fsp3) is 0.562. The van der Waals surface area contributed by atoms with E-state index in [1.165, 1.54) is 10.4 Å². The lowest BCUT2D eigenvalue weighted by Crippen LogP contribution is -2.50. The minimum atomic E-state index is -0.183. The highest BCUT2D eigenvalue weighted by molar-refractivity contribution is 7.10. The molecule has 5 nitrogen and oxygen atoms in total. The van der Waals surface area contributed by atoms with E-state index in [4.69, 9.17) is 9.57 Å². The van der Waals surface area contributed by atoms with E-state index in [1.54, 1.807) is 16.2 Å². The number of hydrogen-bond acceptors (Lipinski definition) is 4. The first-order chi connectivity index (χ1) is 10.6. The number of carbonyl (C=O) groups is 1. The van der Waals surface area contributed by atoms with Gasteiger partial charge in [0.1, 0.15) is 5.60 Å². The summed E-state index contributed by atoms with van der Waals surface area (Å²) in [6.45, 7) is 8.06. The van der Waals surface area contributed by atoms with Crippen molar-refractivity contribution in [2.24, 2.45) is 0 Å². The fourth-order valence-electron chi connectivity index (χ4n) is 3.08. The van der Waals surface area contributed by atoms with E-state index in [0.717, 1.165) is 31.4 Å². The molecule has 0 atom stereocenters. The number of piperidine rings is 1. The highest BCUT2D eigenvalue weighted by Crippen LogP contribution is 2.44. The lowest BCUT2D eigenvalue weighted by Gasteiger charge is -2.43. The largest absolute Gasteiger partial charge is 0.369 e. The van der Waals surface area contributed by atoms with Crippen LogP contribution in [0.3, 0.4) is 0 Å². The Morgan fingerprint density at radius 1 is 1.55 bits per heavy atom. The fourth-order valence-corrected chi connectivity index (χ4v) is 4.25. The van der Waals surface area contributed by atoms with Crippen LogP contribution in [-0.2, 0) is 21.6 Å². The topological polar surface area (TPSA) is 50.8 Å². The van der Waals surface area contributed by atoms with Gasteiger partial charge in [0.25, 0.3) is 0 Å². The van der Waals surface area contributed by atoms with E-state index in [2.05, 4.69) is 23.5 Å². The minimum Gasteiger partial charge on any atom is -0.369 e. The van der Waals surface area contributed by atoms with Crippen LogP contribution in [0.15, 0.2) is 23.6 Å². The maximum Gasteiger partial charge on any atom is 0.341 e. The lowest BCUT2D eigenvalue weighted by molar-refractivity contribution is -0.0912. The number of urea groups is 1. The molecule has 3 heterocycles. The molecule has 2 aliphatic rings. The van der Waals surface area contributed by atoms with Gasteiger partial charge >= 0.3 is 6.03 Å². The number of hydrogen-bond donors (Lipinski definition) is 1. The van der Waals surface area contributed by atoms with Crippen LogP contribution in [-0.4, -0.2) is 37.2 Å². The highest BCUT2D eigenvalue weighted by Gasteiger charge is 2.42. The van der Waals surface area contributed by atoms with Crippen LogP contribution in [0.25, 0.3) is 0 Å². The molecule has 1 N–H and O–H groups in total. The molecule has 1 aromatic heterocycles.